The van der Waals surface area contributed by atoms with Crippen molar-refractivity contribution in [2.75, 3.05) is 10.8 Å². The second-order valence-corrected chi connectivity index (χ2v) is 7.52. The number of nitrogens with two attached hydrogens (primary N) is 1. The number of hydrogen-bond acceptors (Lipinski definition) is 3. The van der Waals surface area contributed by atoms with Crippen LogP contribution in [0.1, 0.15) is 11.1 Å². The Bertz CT molecular complexity index is 833. The Kier molecular flexibility index (Phi) is 4.97. The highest BCUT2D eigenvalue weighted by atomic mass is 35.5. The van der Waals surface area contributed by atoms with E-state index < -0.39 is 22.5 Å². The van der Waals surface area contributed by atoms with Gasteiger partial charge in [0.05, 0.1) is 10.6 Å². The maximum absolute atomic E-state index is 12.9. The van der Waals surface area contributed by atoms with Crippen molar-refractivity contribution >= 4 is 33.2 Å². The van der Waals surface area contributed by atoms with Crippen molar-refractivity contribution in [3.05, 3.63) is 58.6 Å². The summed E-state index contributed by atoms with van der Waals surface area (Å²) in [6.45, 7) is 3.26. The number of carbonyl (C=O) groups excluding carboxylic acids is 1. The van der Waals surface area contributed by atoms with Crippen LogP contribution in [0.3, 0.4) is 0 Å². The van der Waals surface area contributed by atoms with E-state index in [1.54, 1.807) is 19.1 Å². The molecule has 7 heteroatoms. The Morgan fingerprint density at radius 2 is 1.74 bits per heavy atom. The average Bonchev–Trinajstić information content (AvgIpc) is 2.45. The standard InChI is InChI=1S/C16H17ClN2O3S/c1-11-3-8-15(12(2)9-11)19(10-16(18)20)23(21,22)14-6-4-13(17)5-7-14/h3-9H,10H2,1-2H3,(H2,18,20). The molecule has 2 aromatic rings. The molecular weight excluding hydrogens is 336 g/mol. The van der Waals surface area contributed by atoms with Gasteiger partial charge in [0.1, 0.15) is 6.54 Å². The maximum atomic E-state index is 12.9. The summed E-state index contributed by atoms with van der Waals surface area (Å²) >= 11 is 5.80. The first kappa shape index (κ1) is 17.3. The lowest BCUT2D eigenvalue weighted by molar-refractivity contribution is -0.116. The van der Waals surface area contributed by atoms with Gasteiger partial charge in [-0.05, 0) is 49.7 Å². The van der Waals surface area contributed by atoms with E-state index in [2.05, 4.69) is 0 Å². The molecule has 0 aromatic heterocycles. The fraction of sp³-hybridized carbons (Fsp3) is 0.188. The zero-order chi connectivity index (χ0) is 17.2. The van der Waals surface area contributed by atoms with Crippen molar-refractivity contribution in [3.8, 4) is 0 Å². The van der Waals surface area contributed by atoms with E-state index in [4.69, 9.17) is 17.3 Å². The van der Waals surface area contributed by atoms with Gasteiger partial charge >= 0.3 is 0 Å². The van der Waals surface area contributed by atoms with Gasteiger partial charge in [-0.1, -0.05) is 29.3 Å². The monoisotopic (exact) mass is 352 g/mol. The lowest BCUT2D eigenvalue weighted by atomic mass is 10.1. The molecule has 0 aliphatic rings. The van der Waals surface area contributed by atoms with Gasteiger partial charge in [0.2, 0.25) is 5.91 Å². The third kappa shape index (κ3) is 3.83. The minimum Gasteiger partial charge on any atom is -0.368 e. The molecule has 2 aromatic carbocycles. The smallest absolute Gasteiger partial charge is 0.264 e. The van der Waals surface area contributed by atoms with Crippen LogP contribution in [0.2, 0.25) is 5.02 Å². The van der Waals surface area contributed by atoms with Crippen LogP contribution in [0.5, 0.6) is 0 Å². The molecule has 0 saturated carbocycles. The van der Waals surface area contributed by atoms with Gasteiger partial charge in [-0.15, -0.1) is 0 Å². The molecule has 122 valence electrons. The van der Waals surface area contributed by atoms with Crippen molar-refractivity contribution in [2.45, 2.75) is 18.7 Å². The van der Waals surface area contributed by atoms with Gasteiger partial charge in [-0.25, -0.2) is 8.42 Å². The molecule has 0 aliphatic carbocycles. The molecule has 0 unspecified atom stereocenters. The van der Waals surface area contributed by atoms with Gasteiger partial charge in [-0.3, -0.25) is 9.10 Å². The predicted molar refractivity (Wildman–Crippen MR) is 91.1 cm³/mol. The predicted octanol–water partition coefficient (Wildman–Crippen LogP) is 2.64. The number of aryl methyl sites for hydroxylation is 2. The SMILES string of the molecule is Cc1ccc(N(CC(N)=O)S(=O)(=O)c2ccc(Cl)cc2)c(C)c1. The number of anilines is 1. The van der Waals surface area contributed by atoms with Gasteiger partial charge in [-0.2, -0.15) is 0 Å². The summed E-state index contributed by atoms with van der Waals surface area (Å²) in [6.07, 6.45) is 0. The number of rotatable bonds is 5. The van der Waals surface area contributed by atoms with Gasteiger partial charge in [0, 0.05) is 5.02 Å². The van der Waals surface area contributed by atoms with E-state index >= 15 is 0 Å². The van der Waals surface area contributed by atoms with E-state index in [-0.39, 0.29) is 4.90 Å². The maximum Gasteiger partial charge on any atom is 0.264 e. The van der Waals surface area contributed by atoms with Crippen molar-refractivity contribution < 1.29 is 13.2 Å². The van der Waals surface area contributed by atoms with Crippen molar-refractivity contribution in [1.29, 1.82) is 0 Å². The lowest BCUT2D eigenvalue weighted by Crippen LogP contribution is -2.39. The molecule has 2 rings (SSSR count). The van der Waals surface area contributed by atoms with Gasteiger partial charge < -0.3 is 5.73 Å². The van der Waals surface area contributed by atoms with Gasteiger partial charge in [0.15, 0.2) is 0 Å². The molecular formula is C16H17ClN2O3S. The third-order valence-corrected chi connectivity index (χ3v) is 5.35. The van der Waals surface area contributed by atoms with Crippen LogP contribution in [0.15, 0.2) is 47.4 Å². The van der Waals surface area contributed by atoms with Crippen molar-refractivity contribution in [1.82, 2.24) is 0 Å². The van der Waals surface area contributed by atoms with Crippen LogP contribution in [-0.4, -0.2) is 20.9 Å². The molecule has 0 bridgehead atoms. The number of carbonyl (C=O) groups is 1. The Hall–Kier alpha value is -2.05. The van der Waals surface area contributed by atoms with E-state index in [9.17, 15) is 13.2 Å². The number of nitrogens with zero attached hydrogens (tertiary/aromatic N) is 1. The van der Waals surface area contributed by atoms with E-state index in [1.807, 2.05) is 13.0 Å². The van der Waals surface area contributed by atoms with E-state index in [1.165, 1.54) is 24.3 Å². The highest BCUT2D eigenvalue weighted by Crippen LogP contribution is 2.27. The molecule has 23 heavy (non-hydrogen) atoms. The van der Waals surface area contributed by atoms with Crippen LogP contribution in [0, 0.1) is 13.8 Å². The molecule has 1 amide bonds. The molecule has 5 nitrogen and oxygen atoms in total. The van der Waals surface area contributed by atoms with E-state index in [0.717, 1.165) is 15.4 Å². The minimum absolute atomic E-state index is 0.0446. The molecule has 2 N–H and O–H groups in total. The Balaban J connectivity index is 2.57. The van der Waals surface area contributed by atoms with Gasteiger partial charge in [0.25, 0.3) is 10.0 Å². The molecule has 0 radical (unpaired) electrons. The quantitative estimate of drug-likeness (QED) is 0.898. The van der Waals surface area contributed by atoms with Crippen LogP contribution in [0.4, 0.5) is 5.69 Å². The summed E-state index contributed by atoms with van der Waals surface area (Å²) in [7, 11) is -3.93. The van der Waals surface area contributed by atoms with E-state index in [0.29, 0.717) is 10.7 Å². The molecule has 0 heterocycles. The summed E-state index contributed by atoms with van der Waals surface area (Å²) in [6, 6.07) is 11.1. The Morgan fingerprint density at radius 3 is 2.26 bits per heavy atom. The fourth-order valence-corrected chi connectivity index (χ4v) is 3.88. The van der Waals surface area contributed by atoms with Crippen molar-refractivity contribution in [2.24, 2.45) is 5.73 Å². The molecule has 0 aliphatic heterocycles. The number of halogens is 1. The van der Waals surface area contributed by atoms with Crippen LogP contribution in [0.25, 0.3) is 0 Å². The average molecular weight is 353 g/mol. The van der Waals surface area contributed by atoms with Crippen molar-refractivity contribution in [3.63, 3.8) is 0 Å². The highest BCUT2D eigenvalue weighted by Gasteiger charge is 2.27. The van der Waals surface area contributed by atoms with Crippen LogP contribution < -0.4 is 10.0 Å². The molecule has 0 spiro atoms. The Morgan fingerprint density at radius 1 is 1.13 bits per heavy atom. The highest BCUT2D eigenvalue weighted by molar-refractivity contribution is 7.92. The summed E-state index contributed by atoms with van der Waals surface area (Å²) in [5.41, 5.74) is 7.40. The first-order valence-electron chi connectivity index (χ1n) is 6.85. The summed E-state index contributed by atoms with van der Waals surface area (Å²) < 4.78 is 26.8. The first-order chi connectivity index (χ1) is 10.7. The molecule has 0 atom stereocenters. The van der Waals surface area contributed by atoms with Crippen LogP contribution >= 0.6 is 11.6 Å². The number of amides is 1. The van der Waals surface area contributed by atoms with Crippen LogP contribution in [-0.2, 0) is 14.8 Å². The zero-order valence-electron chi connectivity index (χ0n) is 12.8. The number of sulfonamides is 1. The summed E-state index contributed by atoms with van der Waals surface area (Å²) in [5, 5.41) is 0.428. The third-order valence-electron chi connectivity index (χ3n) is 3.32. The summed E-state index contributed by atoms with van der Waals surface area (Å²) in [5.74, 6) is -0.734. The fourth-order valence-electron chi connectivity index (χ4n) is 2.26. The normalized spacial score (nSPS) is 11.3. The molecule has 0 saturated heterocycles. The zero-order valence-corrected chi connectivity index (χ0v) is 14.4. The molecule has 0 fully saturated rings. The summed E-state index contributed by atoms with van der Waals surface area (Å²) in [4.78, 5) is 11.4. The number of benzene rings is 2. The topological polar surface area (TPSA) is 80.5 Å². The second kappa shape index (κ2) is 6.60. The number of hydrogen-bond donors (Lipinski definition) is 1. The second-order valence-electron chi connectivity index (χ2n) is 5.22. The lowest BCUT2D eigenvalue weighted by Gasteiger charge is -2.25. The largest absolute Gasteiger partial charge is 0.368 e. The first-order valence-corrected chi connectivity index (χ1v) is 8.67. The number of primary amides is 1. The minimum atomic E-state index is -3.93. The Labute approximate surface area is 140 Å².